The molecule has 0 saturated carbocycles. The Labute approximate surface area is 264 Å². The first-order valence-electron chi connectivity index (χ1n) is 15.0. The van der Waals surface area contributed by atoms with Gasteiger partial charge in [0, 0.05) is 60.4 Å². The Bertz CT molecular complexity index is 2480. The van der Waals surface area contributed by atoms with E-state index in [0.717, 1.165) is 50.1 Å². The summed E-state index contributed by atoms with van der Waals surface area (Å²) in [6.45, 7) is 0. The van der Waals surface area contributed by atoms with E-state index in [2.05, 4.69) is 149 Å². The smallest absolute Gasteiger partial charge is 0.138 e. The number of anilines is 3. The fourth-order valence-corrected chi connectivity index (χ4v) is 7.42. The van der Waals surface area contributed by atoms with E-state index in [9.17, 15) is 0 Å². The Morgan fingerprint density at radius 2 is 1.07 bits per heavy atom. The number of aromatic nitrogens is 1. The lowest BCUT2D eigenvalue weighted by Gasteiger charge is -2.26. The number of pyridine rings is 1. The molecule has 45 heavy (non-hydrogen) atoms. The molecule has 4 heteroatoms. The van der Waals surface area contributed by atoms with Gasteiger partial charge in [-0.1, -0.05) is 78.9 Å². The van der Waals surface area contributed by atoms with E-state index in [1.807, 2.05) is 23.6 Å². The second-order valence-corrected chi connectivity index (χ2v) is 12.3. The molecule has 9 rings (SSSR count). The quantitative estimate of drug-likeness (QED) is 0.198. The van der Waals surface area contributed by atoms with Crippen LogP contribution in [0.1, 0.15) is 0 Å². The Balaban J connectivity index is 1.15. The Kier molecular flexibility index (Phi) is 6.00. The van der Waals surface area contributed by atoms with Gasteiger partial charge in [-0.25, -0.2) is 0 Å². The van der Waals surface area contributed by atoms with Crippen LogP contribution < -0.4 is 4.90 Å². The molecule has 0 saturated heterocycles. The lowest BCUT2D eigenvalue weighted by molar-refractivity contribution is 0.668. The molecule has 9 aromatic rings. The summed E-state index contributed by atoms with van der Waals surface area (Å²) in [4.78, 5) is 6.67. The Morgan fingerprint density at radius 3 is 1.87 bits per heavy atom. The van der Waals surface area contributed by atoms with Gasteiger partial charge in [0.05, 0.1) is 0 Å². The van der Waals surface area contributed by atoms with Gasteiger partial charge in [-0.2, -0.15) is 0 Å². The lowest BCUT2D eigenvalue weighted by Crippen LogP contribution is -2.09. The van der Waals surface area contributed by atoms with E-state index in [-0.39, 0.29) is 0 Å². The summed E-state index contributed by atoms with van der Waals surface area (Å²) >= 11 is 1.85. The number of nitrogens with zero attached hydrogens (tertiary/aromatic N) is 2. The predicted molar refractivity (Wildman–Crippen MR) is 190 cm³/mol. The maximum Gasteiger partial charge on any atom is 0.138 e. The summed E-state index contributed by atoms with van der Waals surface area (Å²) in [5.41, 5.74) is 9.78. The van der Waals surface area contributed by atoms with Crippen LogP contribution >= 0.6 is 11.3 Å². The Morgan fingerprint density at radius 1 is 0.444 bits per heavy atom. The monoisotopic (exact) mass is 594 g/mol. The van der Waals surface area contributed by atoms with E-state index in [0.29, 0.717) is 0 Å². The highest BCUT2D eigenvalue weighted by Crippen LogP contribution is 2.41. The van der Waals surface area contributed by atoms with Crippen molar-refractivity contribution in [3.05, 3.63) is 158 Å². The zero-order valence-corrected chi connectivity index (χ0v) is 25.0. The average molecular weight is 595 g/mol. The molecule has 0 atom stereocenters. The highest BCUT2D eigenvalue weighted by atomic mass is 32.1. The second-order valence-electron chi connectivity index (χ2n) is 11.3. The van der Waals surface area contributed by atoms with Crippen LogP contribution in [-0.4, -0.2) is 4.98 Å². The van der Waals surface area contributed by atoms with Crippen LogP contribution in [0.4, 0.5) is 17.1 Å². The normalized spacial score (nSPS) is 11.6. The van der Waals surface area contributed by atoms with Crippen molar-refractivity contribution in [3.8, 4) is 22.3 Å². The third kappa shape index (κ3) is 4.46. The molecular weight excluding hydrogens is 569 g/mol. The number of benzene rings is 6. The summed E-state index contributed by atoms with van der Waals surface area (Å²) < 4.78 is 8.64. The standard InChI is InChI=1S/C41H26N2OS/c1-2-6-27(7-3-1)28-10-15-31(16-11-28)43(33-19-21-41-36(25-33)34-8-4-5-9-40(34)45-41)32-17-12-29(13-18-32)30-14-20-38-35(24-30)37-26-42-23-22-39(37)44-38/h1-26H. The topological polar surface area (TPSA) is 29.3 Å². The van der Waals surface area contributed by atoms with Crippen molar-refractivity contribution in [3.63, 3.8) is 0 Å². The molecule has 0 fully saturated rings. The van der Waals surface area contributed by atoms with Crippen LogP contribution in [0.2, 0.25) is 0 Å². The van der Waals surface area contributed by atoms with Crippen molar-refractivity contribution >= 4 is 70.5 Å². The van der Waals surface area contributed by atoms with E-state index in [1.165, 1.54) is 31.3 Å². The van der Waals surface area contributed by atoms with Crippen LogP contribution in [0.3, 0.4) is 0 Å². The fraction of sp³-hybridized carbons (Fsp3) is 0. The van der Waals surface area contributed by atoms with Crippen molar-refractivity contribution < 1.29 is 4.42 Å². The van der Waals surface area contributed by atoms with E-state index in [1.54, 1.807) is 6.20 Å². The third-order valence-electron chi connectivity index (χ3n) is 8.58. The average Bonchev–Trinajstić information content (AvgIpc) is 3.67. The molecule has 212 valence electrons. The minimum absolute atomic E-state index is 0.858. The minimum atomic E-state index is 0.858. The zero-order valence-electron chi connectivity index (χ0n) is 24.2. The number of rotatable bonds is 5. The maximum atomic E-state index is 6.03. The van der Waals surface area contributed by atoms with Crippen LogP contribution in [-0.2, 0) is 0 Å². The van der Waals surface area contributed by atoms with Gasteiger partial charge in [0.15, 0.2) is 0 Å². The lowest BCUT2D eigenvalue weighted by atomic mass is 10.0. The summed E-state index contributed by atoms with van der Waals surface area (Å²) in [5.74, 6) is 0. The first-order valence-corrected chi connectivity index (χ1v) is 15.8. The summed E-state index contributed by atoms with van der Waals surface area (Å²) in [5, 5.41) is 4.70. The van der Waals surface area contributed by atoms with Crippen LogP contribution in [0, 0.1) is 0 Å². The molecular formula is C41H26N2OS. The van der Waals surface area contributed by atoms with Gasteiger partial charge in [-0.3, -0.25) is 4.98 Å². The van der Waals surface area contributed by atoms with Crippen LogP contribution in [0.25, 0.3) is 64.4 Å². The van der Waals surface area contributed by atoms with Crippen molar-refractivity contribution in [2.45, 2.75) is 0 Å². The van der Waals surface area contributed by atoms with Gasteiger partial charge in [0.1, 0.15) is 11.2 Å². The molecule has 0 spiro atoms. The molecule has 0 bridgehead atoms. The fourth-order valence-electron chi connectivity index (χ4n) is 6.34. The molecule has 0 unspecified atom stereocenters. The number of furan rings is 1. The van der Waals surface area contributed by atoms with E-state index >= 15 is 0 Å². The zero-order chi connectivity index (χ0) is 29.7. The van der Waals surface area contributed by atoms with Gasteiger partial charge in [0.25, 0.3) is 0 Å². The number of thiophene rings is 1. The minimum Gasteiger partial charge on any atom is -0.456 e. The van der Waals surface area contributed by atoms with Crippen molar-refractivity contribution in [1.82, 2.24) is 4.98 Å². The van der Waals surface area contributed by atoms with Crippen molar-refractivity contribution in [1.29, 1.82) is 0 Å². The highest BCUT2D eigenvalue weighted by Gasteiger charge is 2.16. The van der Waals surface area contributed by atoms with Gasteiger partial charge < -0.3 is 9.32 Å². The van der Waals surface area contributed by atoms with E-state index < -0.39 is 0 Å². The molecule has 0 aliphatic heterocycles. The predicted octanol–water partition coefficient (Wildman–Crippen LogP) is 12.2. The first-order chi connectivity index (χ1) is 22.3. The molecule has 3 nitrogen and oxygen atoms in total. The molecule has 6 aromatic carbocycles. The summed E-state index contributed by atoms with van der Waals surface area (Å²) in [7, 11) is 0. The molecule has 0 aliphatic rings. The number of hydrogen-bond donors (Lipinski definition) is 0. The SMILES string of the molecule is c1ccc(-c2ccc(N(c3ccc(-c4ccc5oc6ccncc6c5c4)cc3)c3ccc4sc5ccccc5c4c3)cc2)cc1. The second kappa shape index (κ2) is 10.5. The van der Waals surface area contributed by atoms with Gasteiger partial charge in [-0.05, 0) is 89.0 Å². The molecule has 3 heterocycles. The van der Waals surface area contributed by atoms with Gasteiger partial charge in [-0.15, -0.1) is 11.3 Å². The summed E-state index contributed by atoms with van der Waals surface area (Å²) in [6.07, 6.45) is 3.65. The molecule has 0 amide bonds. The largest absolute Gasteiger partial charge is 0.456 e. The first kappa shape index (κ1) is 25.8. The number of fused-ring (bicyclic) bond motifs is 6. The molecule has 0 N–H and O–H groups in total. The highest BCUT2D eigenvalue weighted by molar-refractivity contribution is 7.25. The van der Waals surface area contributed by atoms with Crippen molar-refractivity contribution in [2.24, 2.45) is 0 Å². The van der Waals surface area contributed by atoms with Crippen LogP contribution in [0.5, 0.6) is 0 Å². The molecule has 3 aromatic heterocycles. The third-order valence-corrected chi connectivity index (χ3v) is 9.73. The summed E-state index contributed by atoms with van der Waals surface area (Å²) in [6, 6.07) is 52.1. The van der Waals surface area contributed by atoms with Crippen molar-refractivity contribution in [2.75, 3.05) is 4.90 Å². The maximum absolute atomic E-state index is 6.03. The molecule has 0 radical (unpaired) electrons. The molecule has 0 aliphatic carbocycles. The Hall–Kier alpha value is -5.71. The van der Waals surface area contributed by atoms with Gasteiger partial charge in [0.2, 0.25) is 0 Å². The van der Waals surface area contributed by atoms with Gasteiger partial charge >= 0.3 is 0 Å². The number of hydrogen-bond acceptors (Lipinski definition) is 4. The van der Waals surface area contributed by atoms with Crippen LogP contribution in [0.15, 0.2) is 162 Å². The van der Waals surface area contributed by atoms with E-state index in [4.69, 9.17) is 4.42 Å².